The number of aryl methyl sites for hydroxylation is 1. The van der Waals surface area contributed by atoms with Gasteiger partial charge in [-0.1, -0.05) is 25.1 Å². The van der Waals surface area contributed by atoms with Gasteiger partial charge in [-0.2, -0.15) is 0 Å². The Balaban J connectivity index is 1.73. The van der Waals surface area contributed by atoms with Crippen molar-refractivity contribution < 1.29 is 9.53 Å². The largest absolute Gasteiger partial charge is 0.493 e. The summed E-state index contributed by atoms with van der Waals surface area (Å²) >= 11 is 0. The van der Waals surface area contributed by atoms with Gasteiger partial charge in [0.25, 0.3) is 0 Å². The van der Waals surface area contributed by atoms with Gasteiger partial charge in [-0.05, 0) is 43.7 Å². The molecule has 1 aromatic rings. The van der Waals surface area contributed by atoms with Crippen LogP contribution in [0.25, 0.3) is 0 Å². The zero-order chi connectivity index (χ0) is 13.5. The quantitative estimate of drug-likeness (QED) is 0.731. The third-order valence-corrected chi connectivity index (χ3v) is 3.30. The lowest BCUT2D eigenvalue weighted by Gasteiger charge is -2.11. The molecule has 104 valence electrons. The van der Waals surface area contributed by atoms with Crippen molar-refractivity contribution in [3.63, 3.8) is 0 Å². The van der Waals surface area contributed by atoms with Crippen molar-refractivity contribution in [1.82, 2.24) is 5.32 Å². The second-order valence-electron chi connectivity index (χ2n) is 5.13. The fraction of sp³-hybridized carbons (Fsp3) is 0.562. The molecule has 3 heteroatoms. The Kier molecular flexibility index (Phi) is 5.25. The van der Waals surface area contributed by atoms with Crippen LogP contribution in [0.1, 0.15) is 38.2 Å². The summed E-state index contributed by atoms with van der Waals surface area (Å²) in [5.41, 5.74) is 1.23. The Bertz CT molecular complexity index is 413. The second kappa shape index (κ2) is 7.17. The highest BCUT2D eigenvalue weighted by atomic mass is 16.5. The number of carbonyl (C=O) groups excluding carboxylic acids is 1. The Labute approximate surface area is 115 Å². The van der Waals surface area contributed by atoms with Gasteiger partial charge in [0.2, 0.25) is 5.91 Å². The molecule has 0 heterocycles. The molecule has 2 rings (SSSR count). The average Bonchev–Trinajstić information content (AvgIpc) is 3.26. The van der Waals surface area contributed by atoms with E-state index in [-0.39, 0.29) is 5.91 Å². The zero-order valence-corrected chi connectivity index (χ0v) is 11.7. The van der Waals surface area contributed by atoms with Gasteiger partial charge in [-0.25, -0.2) is 0 Å². The zero-order valence-electron chi connectivity index (χ0n) is 11.7. The molecule has 1 aromatic carbocycles. The number of benzene rings is 1. The number of ether oxygens (including phenoxy) is 1. The molecule has 0 aliphatic heterocycles. The highest BCUT2D eigenvalue weighted by molar-refractivity contribution is 5.80. The maximum absolute atomic E-state index is 11.5. The van der Waals surface area contributed by atoms with Crippen LogP contribution in [0.15, 0.2) is 24.3 Å². The van der Waals surface area contributed by atoms with Gasteiger partial charge in [-0.15, -0.1) is 0 Å². The Morgan fingerprint density at radius 2 is 2.16 bits per heavy atom. The smallest absolute Gasteiger partial charge is 0.223 e. The average molecular weight is 261 g/mol. The molecule has 1 aliphatic rings. The van der Waals surface area contributed by atoms with Crippen molar-refractivity contribution in [3.05, 3.63) is 29.8 Å². The lowest BCUT2D eigenvalue weighted by molar-refractivity contribution is -0.122. The van der Waals surface area contributed by atoms with E-state index in [0.717, 1.165) is 51.0 Å². The summed E-state index contributed by atoms with van der Waals surface area (Å²) in [6.45, 7) is 3.63. The molecule has 1 aliphatic carbocycles. The maximum atomic E-state index is 11.5. The highest BCUT2D eigenvalue weighted by Gasteiger charge is 2.28. The summed E-state index contributed by atoms with van der Waals surface area (Å²) in [6.07, 6.45) is 5.07. The van der Waals surface area contributed by atoms with Crippen molar-refractivity contribution in [2.45, 2.75) is 39.0 Å². The van der Waals surface area contributed by atoms with E-state index in [0.29, 0.717) is 5.92 Å². The number of hydrogen-bond donors (Lipinski definition) is 1. The molecule has 1 amide bonds. The molecule has 1 N–H and O–H groups in total. The van der Waals surface area contributed by atoms with Gasteiger partial charge in [0.1, 0.15) is 5.75 Å². The van der Waals surface area contributed by atoms with Crippen LogP contribution in [0.4, 0.5) is 0 Å². The monoisotopic (exact) mass is 261 g/mol. The minimum absolute atomic E-state index is 0.232. The van der Waals surface area contributed by atoms with E-state index >= 15 is 0 Å². The van der Waals surface area contributed by atoms with Crippen molar-refractivity contribution in [2.75, 3.05) is 13.2 Å². The molecule has 1 saturated carbocycles. The van der Waals surface area contributed by atoms with Gasteiger partial charge in [0, 0.05) is 12.5 Å². The lowest BCUT2D eigenvalue weighted by atomic mass is 10.1. The van der Waals surface area contributed by atoms with Crippen LogP contribution >= 0.6 is 0 Å². The second-order valence-corrected chi connectivity index (χ2v) is 5.13. The first-order chi connectivity index (χ1) is 9.31. The van der Waals surface area contributed by atoms with Gasteiger partial charge < -0.3 is 10.1 Å². The molecular formula is C16H23NO2. The molecular weight excluding hydrogens is 238 g/mol. The number of carbonyl (C=O) groups is 1. The van der Waals surface area contributed by atoms with E-state index in [4.69, 9.17) is 4.74 Å². The Morgan fingerprint density at radius 1 is 1.37 bits per heavy atom. The Hall–Kier alpha value is -1.51. The predicted octanol–water partition coefficient (Wildman–Crippen LogP) is 2.93. The molecule has 0 bridgehead atoms. The first-order valence-corrected chi connectivity index (χ1v) is 7.29. The van der Waals surface area contributed by atoms with Crippen LogP contribution < -0.4 is 10.1 Å². The number of para-hydroxylation sites is 1. The third-order valence-electron chi connectivity index (χ3n) is 3.30. The van der Waals surface area contributed by atoms with E-state index in [1.807, 2.05) is 18.2 Å². The molecule has 1 fully saturated rings. The van der Waals surface area contributed by atoms with E-state index < -0.39 is 0 Å². The highest BCUT2D eigenvalue weighted by Crippen LogP contribution is 2.28. The fourth-order valence-corrected chi connectivity index (χ4v) is 2.04. The SMILES string of the molecule is CCCOc1ccccc1CCCNC(=O)C1CC1. The maximum Gasteiger partial charge on any atom is 0.223 e. The van der Waals surface area contributed by atoms with Crippen LogP contribution in [0.5, 0.6) is 5.75 Å². The van der Waals surface area contributed by atoms with Gasteiger partial charge >= 0.3 is 0 Å². The van der Waals surface area contributed by atoms with E-state index in [9.17, 15) is 4.79 Å². The first kappa shape index (κ1) is 13.9. The Morgan fingerprint density at radius 3 is 2.89 bits per heavy atom. The molecule has 0 radical (unpaired) electrons. The minimum atomic E-state index is 0.232. The van der Waals surface area contributed by atoms with Crippen molar-refractivity contribution in [2.24, 2.45) is 5.92 Å². The van der Waals surface area contributed by atoms with E-state index in [1.165, 1.54) is 5.56 Å². The summed E-state index contributed by atoms with van der Waals surface area (Å²) in [6, 6.07) is 8.17. The lowest BCUT2D eigenvalue weighted by Crippen LogP contribution is -2.26. The summed E-state index contributed by atoms with van der Waals surface area (Å²) < 4.78 is 5.73. The molecule has 19 heavy (non-hydrogen) atoms. The van der Waals surface area contributed by atoms with Crippen LogP contribution in [0.2, 0.25) is 0 Å². The van der Waals surface area contributed by atoms with Gasteiger partial charge in [-0.3, -0.25) is 4.79 Å². The van der Waals surface area contributed by atoms with Crippen LogP contribution in [-0.2, 0) is 11.2 Å². The van der Waals surface area contributed by atoms with E-state index in [1.54, 1.807) is 0 Å². The number of hydrogen-bond acceptors (Lipinski definition) is 2. The number of nitrogens with one attached hydrogen (secondary N) is 1. The number of rotatable bonds is 8. The molecule has 3 nitrogen and oxygen atoms in total. The van der Waals surface area contributed by atoms with Crippen LogP contribution in [0, 0.1) is 5.92 Å². The van der Waals surface area contributed by atoms with Crippen molar-refractivity contribution in [1.29, 1.82) is 0 Å². The van der Waals surface area contributed by atoms with Crippen molar-refractivity contribution in [3.8, 4) is 5.75 Å². The summed E-state index contributed by atoms with van der Waals surface area (Å²) in [5.74, 6) is 1.52. The number of amides is 1. The van der Waals surface area contributed by atoms with Crippen LogP contribution in [-0.4, -0.2) is 19.1 Å². The normalized spacial score (nSPS) is 14.2. The third kappa shape index (κ3) is 4.58. The predicted molar refractivity (Wildman–Crippen MR) is 76.3 cm³/mol. The van der Waals surface area contributed by atoms with E-state index in [2.05, 4.69) is 18.3 Å². The van der Waals surface area contributed by atoms with Crippen molar-refractivity contribution >= 4 is 5.91 Å². The standard InChI is InChI=1S/C16H23NO2/c1-2-12-19-15-8-4-3-6-13(15)7-5-11-17-16(18)14-9-10-14/h3-4,6,8,14H,2,5,7,9-12H2,1H3,(H,17,18). The minimum Gasteiger partial charge on any atom is -0.493 e. The molecule has 0 atom stereocenters. The first-order valence-electron chi connectivity index (χ1n) is 7.29. The molecule has 0 spiro atoms. The fourth-order valence-electron chi connectivity index (χ4n) is 2.04. The molecule has 0 unspecified atom stereocenters. The molecule has 0 saturated heterocycles. The van der Waals surface area contributed by atoms with Gasteiger partial charge in [0.15, 0.2) is 0 Å². The summed E-state index contributed by atoms with van der Waals surface area (Å²) in [5, 5.41) is 3.00. The molecule has 0 aromatic heterocycles. The van der Waals surface area contributed by atoms with Crippen LogP contribution in [0.3, 0.4) is 0 Å². The summed E-state index contributed by atoms with van der Waals surface area (Å²) in [4.78, 5) is 11.5. The topological polar surface area (TPSA) is 38.3 Å². The van der Waals surface area contributed by atoms with Gasteiger partial charge in [0.05, 0.1) is 6.61 Å². The summed E-state index contributed by atoms with van der Waals surface area (Å²) in [7, 11) is 0.